The fraction of sp³-hybridized carbons (Fsp3) is 0. The Morgan fingerprint density at radius 1 is 1.46 bits per heavy atom. The first-order valence-electron chi connectivity index (χ1n) is 3.76. The monoisotopic (exact) mass is 177 g/mol. The van der Waals surface area contributed by atoms with Gasteiger partial charge in [-0.3, -0.25) is 10.2 Å². The van der Waals surface area contributed by atoms with Crippen LogP contribution in [0.1, 0.15) is 5.56 Å². The Balaban J connectivity index is 2.74. The second-order valence-electron chi connectivity index (χ2n) is 2.51. The molecule has 4 nitrogen and oxygen atoms in total. The number of nitrogen functional groups attached to an aromatic ring is 1. The van der Waals surface area contributed by atoms with E-state index in [0.29, 0.717) is 5.69 Å². The van der Waals surface area contributed by atoms with Crippen LogP contribution in [-0.2, 0) is 4.79 Å². The molecule has 13 heavy (non-hydrogen) atoms. The molecule has 0 fully saturated rings. The third kappa shape index (κ3) is 2.96. The fourth-order valence-corrected chi connectivity index (χ4v) is 0.883. The highest BCUT2D eigenvalue weighted by Gasteiger charge is 1.90. The number of nitrogens with one attached hydrogen (secondary N) is 1. The van der Waals surface area contributed by atoms with Crippen LogP contribution in [0, 0.1) is 0 Å². The van der Waals surface area contributed by atoms with Crippen molar-refractivity contribution in [3.05, 3.63) is 35.9 Å². The molecule has 0 spiro atoms. The highest BCUT2D eigenvalue weighted by molar-refractivity contribution is 5.91. The minimum Gasteiger partial charge on any atom is -0.399 e. The Bertz CT molecular complexity index is 333. The van der Waals surface area contributed by atoms with Crippen LogP contribution < -0.4 is 17.0 Å². The van der Waals surface area contributed by atoms with E-state index in [1.165, 1.54) is 6.08 Å². The maximum atomic E-state index is 10.7. The van der Waals surface area contributed by atoms with Gasteiger partial charge < -0.3 is 5.73 Å². The van der Waals surface area contributed by atoms with E-state index in [9.17, 15) is 4.79 Å². The van der Waals surface area contributed by atoms with E-state index in [1.54, 1.807) is 18.2 Å². The quantitative estimate of drug-likeness (QED) is 0.199. The average Bonchev–Trinajstić information content (AvgIpc) is 2.14. The maximum Gasteiger partial charge on any atom is 0.257 e. The van der Waals surface area contributed by atoms with Crippen molar-refractivity contribution in [2.75, 3.05) is 5.73 Å². The SMILES string of the molecule is NNC(=O)C=Cc1cccc(N)c1. The van der Waals surface area contributed by atoms with Gasteiger partial charge in [0.05, 0.1) is 0 Å². The predicted octanol–water partition coefficient (Wildman–Crippen LogP) is 0.272. The molecule has 0 radical (unpaired) electrons. The normalized spacial score (nSPS) is 10.2. The molecule has 0 saturated carbocycles. The molecule has 1 aromatic carbocycles. The van der Waals surface area contributed by atoms with Gasteiger partial charge in [-0.05, 0) is 23.8 Å². The fourth-order valence-electron chi connectivity index (χ4n) is 0.883. The summed E-state index contributed by atoms with van der Waals surface area (Å²) in [5.74, 6) is 4.55. The predicted molar refractivity (Wildman–Crippen MR) is 52.2 cm³/mol. The summed E-state index contributed by atoms with van der Waals surface area (Å²) in [7, 11) is 0. The largest absolute Gasteiger partial charge is 0.399 e. The molecule has 0 bridgehead atoms. The summed E-state index contributed by atoms with van der Waals surface area (Å²) in [5.41, 5.74) is 9.06. The number of amides is 1. The van der Waals surface area contributed by atoms with Crippen LogP contribution in [0.15, 0.2) is 30.3 Å². The molecule has 0 aromatic heterocycles. The lowest BCUT2D eigenvalue weighted by molar-refractivity contribution is -0.116. The van der Waals surface area contributed by atoms with E-state index in [4.69, 9.17) is 11.6 Å². The van der Waals surface area contributed by atoms with Crippen molar-refractivity contribution in [3.8, 4) is 0 Å². The van der Waals surface area contributed by atoms with Crippen molar-refractivity contribution in [1.29, 1.82) is 0 Å². The molecule has 4 heteroatoms. The van der Waals surface area contributed by atoms with Gasteiger partial charge in [-0.15, -0.1) is 0 Å². The molecule has 0 unspecified atom stereocenters. The molecule has 0 aliphatic heterocycles. The first-order valence-corrected chi connectivity index (χ1v) is 3.76. The summed E-state index contributed by atoms with van der Waals surface area (Å²) in [6, 6.07) is 7.20. The van der Waals surface area contributed by atoms with Crippen LogP contribution in [0.5, 0.6) is 0 Å². The van der Waals surface area contributed by atoms with E-state index in [2.05, 4.69) is 0 Å². The zero-order chi connectivity index (χ0) is 9.68. The van der Waals surface area contributed by atoms with Gasteiger partial charge in [-0.2, -0.15) is 0 Å². The number of carbonyl (C=O) groups is 1. The molecular weight excluding hydrogens is 166 g/mol. The number of rotatable bonds is 2. The van der Waals surface area contributed by atoms with Gasteiger partial charge in [-0.1, -0.05) is 12.1 Å². The van der Waals surface area contributed by atoms with Crippen LogP contribution in [0.2, 0.25) is 0 Å². The summed E-state index contributed by atoms with van der Waals surface area (Å²) in [5, 5.41) is 0. The van der Waals surface area contributed by atoms with Gasteiger partial charge in [0, 0.05) is 11.8 Å². The first kappa shape index (κ1) is 9.28. The van der Waals surface area contributed by atoms with Crippen molar-refractivity contribution in [3.63, 3.8) is 0 Å². The molecule has 0 aliphatic rings. The summed E-state index contributed by atoms with van der Waals surface area (Å²) in [6.07, 6.45) is 2.98. The molecule has 0 aliphatic carbocycles. The minimum atomic E-state index is -0.345. The van der Waals surface area contributed by atoms with Crippen LogP contribution in [0.4, 0.5) is 5.69 Å². The highest BCUT2D eigenvalue weighted by Crippen LogP contribution is 2.07. The Kier molecular flexibility index (Phi) is 3.05. The lowest BCUT2D eigenvalue weighted by Gasteiger charge is -1.95. The topological polar surface area (TPSA) is 81.1 Å². The third-order valence-electron chi connectivity index (χ3n) is 1.48. The summed E-state index contributed by atoms with van der Waals surface area (Å²) >= 11 is 0. The van der Waals surface area contributed by atoms with Crippen molar-refractivity contribution >= 4 is 17.7 Å². The lowest BCUT2D eigenvalue weighted by Crippen LogP contribution is -2.27. The zero-order valence-electron chi connectivity index (χ0n) is 7.03. The van der Waals surface area contributed by atoms with Gasteiger partial charge in [0.2, 0.25) is 0 Å². The number of anilines is 1. The van der Waals surface area contributed by atoms with Gasteiger partial charge >= 0.3 is 0 Å². The number of benzene rings is 1. The van der Waals surface area contributed by atoms with Gasteiger partial charge in [-0.25, -0.2) is 5.84 Å². The van der Waals surface area contributed by atoms with Crippen LogP contribution in [0.25, 0.3) is 6.08 Å². The number of hydrogen-bond acceptors (Lipinski definition) is 3. The van der Waals surface area contributed by atoms with Crippen molar-refractivity contribution in [1.82, 2.24) is 5.43 Å². The van der Waals surface area contributed by atoms with Crippen molar-refractivity contribution < 1.29 is 4.79 Å². The first-order chi connectivity index (χ1) is 6.22. The van der Waals surface area contributed by atoms with E-state index in [0.717, 1.165) is 5.56 Å². The number of nitrogens with two attached hydrogens (primary N) is 2. The smallest absolute Gasteiger partial charge is 0.257 e. The molecule has 5 N–H and O–H groups in total. The van der Waals surface area contributed by atoms with Gasteiger partial charge in [0.1, 0.15) is 0 Å². The molecule has 0 atom stereocenters. The van der Waals surface area contributed by atoms with E-state index in [1.807, 2.05) is 17.6 Å². The second kappa shape index (κ2) is 4.27. The van der Waals surface area contributed by atoms with Gasteiger partial charge in [0.25, 0.3) is 5.91 Å². The van der Waals surface area contributed by atoms with Gasteiger partial charge in [0.15, 0.2) is 0 Å². The van der Waals surface area contributed by atoms with E-state index in [-0.39, 0.29) is 5.91 Å². The van der Waals surface area contributed by atoms with E-state index >= 15 is 0 Å². The second-order valence-corrected chi connectivity index (χ2v) is 2.51. The summed E-state index contributed by atoms with van der Waals surface area (Å²) < 4.78 is 0. The molecule has 0 saturated heterocycles. The van der Waals surface area contributed by atoms with Crippen molar-refractivity contribution in [2.45, 2.75) is 0 Å². The zero-order valence-corrected chi connectivity index (χ0v) is 7.03. The summed E-state index contributed by atoms with van der Waals surface area (Å²) in [4.78, 5) is 10.7. The molecule has 68 valence electrons. The molecule has 1 rings (SSSR count). The Hall–Kier alpha value is -1.81. The molecule has 0 heterocycles. The maximum absolute atomic E-state index is 10.7. The molecule has 1 aromatic rings. The van der Waals surface area contributed by atoms with Crippen LogP contribution in [0.3, 0.4) is 0 Å². The highest BCUT2D eigenvalue weighted by atomic mass is 16.2. The Morgan fingerprint density at radius 2 is 2.23 bits per heavy atom. The number of carbonyl (C=O) groups excluding carboxylic acids is 1. The standard InChI is InChI=1S/C9H11N3O/c10-8-3-1-2-7(6-8)4-5-9(13)12-11/h1-6H,10-11H2,(H,12,13). The van der Waals surface area contributed by atoms with E-state index < -0.39 is 0 Å². The summed E-state index contributed by atoms with van der Waals surface area (Å²) in [6.45, 7) is 0. The minimum absolute atomic E-state index is 0.345. The third-order valence-corrected chi connectivity index (χ3v) is 1.48. The van der Waals surface area contributed by atoms with Crippen LogP contribution >= 0.6 is 0 Å². The Labute approximate surface area is 76.2 Å². The lowest BCUT2D eigenvalue weighted by atomic mass is 10.2. The average molecular weight is 177 g/mol. The number of hydrazine groups is 1. The van der Waals surface area contributed by atoms with Crippen molar-refractivity contribution in [2.24, 2.45) is 5.84 Å². The Morgan fingerprint density at radius 3 is 2.85 bits per heavy atom. The molecule has 1 amide bonds. The number of hydrogen-bond donors (Lipinski definition) is 3. The van der Waals surface area contributed by atoms with Crippen LogP contribution in [-0.4, -0.2) is 5.91 Å². The molecular formula is C9H11N3O.